The summed E-state index contributed by atoms with van der Waals surface area (Å²) >= 11 is 0. The molecule has 0 aromatic rings. The van der Waals surface area contributed by atoms with Crippen LogP contribution in [0.5, 0.6) is 0 Å². The number of nitrogens with zero attached hydrogens (tertiary/aromatic N) is 4. The van der Waals surface area contributed by atoms with E-state index >= 15 is 0 Å². The van der Waals surface area contributed by atoms with Crippen LogP contribution in [0.15, 0.2) is 33.4 Å². The predicted octanol–water partition coefficient (Wildman–Crippen LogP) is 9.21. The van der Waals surface area contributed by atoms with E-state index in [1.165, 1.54) is 14.7 Å². The summed E-state index contributed by atoms with van der Waals surface area (Å²) < 4.78 is 25.6. The number of esters is 4. The van der Waals surface area contributed by atoms with E-state index in [0.29, 0.717) is 92.5 Å². The van der Waals surface area contributed by atoms with Gasteiger partial charge in [-0.15, -0.1) is 0 Å². The minimum atomic E-state index is -0.956. The smallest absolute Gasteiger partial charge is 0.550 e. The second kappa shape index (κ2) is 50.7. The van der Waals surface area contributed by atoms with Crippen LogP contribution in [-0.4, -0.2) is 165 Å². The van der Waals surface area contributed by atoms with Crippen molar-refractivity contribution < 1.29 is 116 Å². The summed E-state index contributed by atoms with van der Waals surface area (Å²) in [6, 6.07) is 0. The molecule has 0 spiro atoms. The van der Waals surface area contributed by atoms with Gasteiger partial charge >= 0.3 is 53.4 Å². The molecule has 3 aliphatic rings. The molecule has 0 aromatic carbocycles. The largest absolute Gasteiger partial charge is 1.00 e. The van der Waals surface area contributed by atoms with Gasteiger partial charge in [0.2, 0.25) is 5.91 Å². The van der Waals surface area contributed by atoms with Crippen LogP contribution in [0.2, 0.25) is 0 Å². The Balaban J connectivity index is -0.000000566. The number of amides is 7. The van der Waals surface area contributed by atoms with Crippen LogP contribution < -0.4 is 34.7 Å². The number of rotatable bonds is 36. The number of carbonyl (C=O) groups is 12. The zero-order chi connectivity index (χ0) is 75.8. The normalized spacial score (nSPS) is 14.5. The molecule has 558 valence electrons. The molecule has 0 saturated carbocycles. The van der Waals surface area contributed by atoms with Crippen LogP contribution in [0.3, 0.4) is 0 Å². The minimum absolute atomic E-state index is 0. The van der Waals surface area contributed by atoms with Gasteiger partial charge < -0.3 is 38.5 Å². The van der Waals surface area contributed by atoms with Crippen molar-refractivity contribution >= 4 is 71.2 Å². The van der Waals surface area contributed by atoms with E-state index < -0.39 is 22.2 Å². The van der Waals surface area contributed by atoms with Gasteiger partial charge in [0.25, 0.3) is 35.4 Å². The first kappa shape index (κ1) is 98.8. The third kappa shape index (κ3) is 36.2. The van der Waals surface area contributed by atoms with Gasteiger partial charge in [0.15, 0.2) is 0 Å². The summed E-state index contributed by atoms with van der Waals surface area (Å²) in [4.78, 5) is 144. The standard InChI is InChI=1S/3C18H29NO4.C9H18O3.C7H15NO.C5H10O2.Na/c3*1-6-18(4,5)17(22)23-12-10-8-7-9-11-19-15(20)13(2)14(3)16(19)21;1-5-9(2,3)8(10)12-7-6-11-4;1-5-6(2)7(9)8(3)4;1-3-4(2)5(6)7;/h3*6-12H2,1-5H3;5-7H2,1-4H3;6H,5H2,1-4H3;4H,3H2,1-2H3,(H,6,7);/q;;;;;;+1/p-1. The van der Waals surface area contributed by atoms with Gasteiger partial charge in [0, 0.05) is 86.2 Å². The molecule has 2 unspecified atom stereocenters. The van der Waals surface area contributed by atoms with E-state index in [1.54, 1.807) is 74.6 Å². The summed E-state index contributed by atoms with van der Waals surface area (Å²) in [7, 11) is 5.15. The molecule has 7 amide bonds. The first-order chi connectivity index (χ1) is 45.0. The molecule has 2 atom stereocenters. The van der Waals surface area contributed by atoms with Gasteiger partial charge in [-0.1, -0.05) is 74.7 Å². The number of hydrogen-bond acceptors (Lipinski definition) is 18. The van der Waals surface area contributed by atoms with Gasteiger partial charge in [0.1, 0.15) is 6.61 Å². The van der Waals surface area contributed by atoms with Crippen LogP contribution in [0.1, 0.15) is 268 Å². The number of carboxylic acids is 1. The van der Waals surface area contributed by atoms with E-state index in [0.717, 1.165) is 109 Å². The summed E-state index contributed by atoms with van der Waals surface area (Å²) in [5, 5.41) is 9.82. The van der Waals surface area contributed by atoms with Crippen molar-refractivity contribution in [2.75, 3.05) is 73.9 Å². The number of ether oxygens (including phenoxy) is 5. The molecule has 3 aliphatic heterocycles. The molecule has 22 nitrogen and oxygen atoms in total. The fourth-order valence-electron chi connectivity index (χ4n) is 8.09. The van der Waals surface area contributed by atoms with Gasteiger partial charge in [-0.2, -0.15) is 0 Å². The number of hydrogen-bond donors (Lipinski definition) is 0. The SMILES string of the molecule is CCC(C)(C)C(=O)OCCCCCCN1C(=O)C(C)=C(C)C1=O.CCC(C)(C)C(=O)OCCCCCCN1C(=O)C(C)=C(C)C1=O.CCC(C)(C)C(=O)OCCCCCCN1C(=O)C(C)=C(C)C1=O.CCC(C)(C)C(=O)OCCOC.CCC(C)C(=O)N(C)C.CCC(C)C(=O)[O-].[Na+]. The van der Waals surface area contributed by atoms with Crippen LogP contribution in [-0.2, 0) is 81.2 Å². The maximum atomic E-state index is 11.9. The first-order valence-electron chi connectivity index (χ1n) is 35.2. The third-order valence-electron chi connectivity index (χ3n) is 18.4. The van der Waals surface area contributed by atoms with Gasteiger partial charge in [0.05, 0.1) is 48.1 Å². The molecule has 0 bridgehead atoms. The first-order valence-corrected chi connectivity index (χ1v) is 35.2. The third-order valence-corrected chi connectivity index (χ3v) is 18.4. The van der Waals surface area contributed by atoms with Crippen molar-refractivity contribution in [2.24, 2.45) is 33.5 Å². The van der Waals surface area contributed by atoms with Crippen LogP contribution in [0.25, 0.3) is 0 Å². The molecule has 3 rings (SSSR count). The molecule has 0 aliphatic carbocycles. The Morgan fingerprint density at radius 3 is 0.755 bits per heavy atom. The van der Waals surface area contributed by atoms with Crippen molar-refractivity contribution in [3.8, 4) is 0 Å². The fourth-order valence-corrected chi connectivity index (χ4v) is 8.09. The average Bonchev–Trinajstić information content (AvgIpc) is 1.69. The quantitative estimate of drug-likeness (QED) is 0.0186. The topological polar surface area (TPSA) is 287 Å². The number of carboxylic acid groups (broad SMARTS) is 1. The van der Waals surface area contributed by atoms with E-state index in [4.69, 9.17) is 23.7 Å². The van der Waals surface area contributed by atoms with Gasteiger partial charge in [-0.25, -0.2) is 0 Å². The van der Waals surface area contributed by atoms with Crippen molar-refractivity contribution in [1.29, 1.82) is 0 Å². The molecule has 0 aromatic heterocycles. The fraction of sp³-hybridized carbons (Fsp3) is 0.760. The molecule has 0 fully saturated rings. The van der Waals surface area contributed by atoms with E-state index in [-0.39, 0.29) is 112 Å². The average molecular weight is 1400 g/mol. The second-order valence-electron chi connectivity index (χ2n) is 27.9. The number of aliphatic carboxylic acids is 1. The van der Waals surface area contributed by atoms with Gasteiger partial charge in [-0.05, 0) is 199 Å². The van der Waals surface area contributed by atoms with Crippen molar-refractivity contribution in [1.82, 2.24) is 19.6 Å². The Kier molecular flexibility index (Phi) is 51.1. The minimum Gasteiger partial charge on any atom is -0.550 e. The van der Waals surface area contributed by atoms with Gasteiger partial charge in [-0.3, -0.25) is 67.4 Å². The molecule has 0 N–H and O–H groups in total. The number of methoxy groups -OCH3 is 1. The van der Waals surface area contributed by atoms with Crippen LogP contribution in [0.4, 0.5) is 0 Å². The number of carbonyl (C=O) groups excluding carboxylic acids is 12. The summed E-state index contributed by atoms with van der Waals surface area (Å²) in [5.41, 5.74) is 1.72. The molecule has 0 radical (unpaired) electrons. The Labute approximate surface area is 611 Å². The maximum Gasteiger partial charge on any atom is 1.00 e. The summed E-state index contributed by atoms with van der Waals surface area (Å²) in [6.07, 6.45) is 14.9. The monoisotopic (exact) mass is 1400 g/mol. The molecule has 3 heterocycles. The Hall–Kier alpha value is -5.58. The maximum absolute atomic E-state index is 11.9. The summed E-state index contributed by atoms with van der Waals surface area (Å²) in [6.45, 7) is 44.1. The zero-order valence-electron chi connectivity index (χ0n) is 65.7. The van der Waals surface area contributed by atoms with E-state index in [2.05, 4.69) is 0 Å². The predicted molar refractivity (Wildman–Crippen MR) is 375 cm³/mol. The molecule has 0 saturated heterocycles. The van der Waals surface area contributed by atoms with Crippen molar-refractivity contribution in [2.45, 2.75) is 268 Å². The van der Waals surface area contributed by atoms with Crippen LogP contribution in [0, 0.1) is 33.5 Å². The Morgan fingerprint density at radius 1 is 0.378 bits per heavy atom. The summed E-state index contributed by atoms with van der Waals surface area (Å²) in [5.74, 6) is -2.42. The van der Waals surface area contributed by atoms with E-state index in [9.17, 15) is 62.6 Å². The molecular formula is C75H129N4NaO18. The van der Waals surface area contributed by atoms with Crippen molar-refractivity contribution in [3.05, 3.63) is 33.4 Å². The Morgan fingerprint density at radius 2 is 0.592 bits per heavy atom. The van der Waals surface area contributed by atoms with Crippen LogP contribution >= 0.6 is 0 Å². The Bertz CT molecular complexity index is 2380. The molecule has 98 heavy (non-hydrogen) atoms. The van der Waals surface area contributed by atoms with E-state index in [1.807, 2.05) is 104 Å². The molecular weight excluding hydrogens is 1270 g/mol. The second-order valence-corrected chi connectivity index (χ2v) is 27.9. The van der Waals surface area contributed by atoms with Crippen molar-refractivity contribution in [3.63, 3.8) is 0 Å². The zero-order valence-corrected chi connectivity index (χ0v) is 67.7. The number of unbranched alkanes of at least 4 members (excludes halogenated alkanes) is 9. The number of imide groups is 3. The molecule has 23 heteroatoms.